The van der Waals surface area contributed by atoms with Crippen LogP contribution in [0.5, 0.6) is 0 Å². The summed E-state index contributed by atoms with van der Waals surface area (Å²) in [5.41, 5.74) is 9.49. The van der Waals surface area contributed by atoms with Crippen molar-refractivity contribution in [3.8, 4) is 11.1 Å². The molecule has 2 heteroatoms. The standard InChI is InChI=1S/C32H30O2/c1-5-34-31(33)24-12-10-22(11-13-24)25-14-15-26-20-30-29(19-27(26)18-25)28(16-17-32(30,3)4)23-8-6-21(2)7-9-23/h6-16,18-20H,5,17H2,1-4H3. The van der Waals surface area contributed by atoms with Gasteiger partial charge in [-0.3, -0.25) is 0 Å². The summed E-state index contributed by atoms with van der Waals surface area (Å²) in [5, 5.41) is 2.48. The first-order chi connectivity index (χ1) is 16.4. The van der Waals surface area contributed by atoms with Gasteiger partial charge in [-0.25, -0.2) is 4.79 Å². The average molecular weight is 447 g/mol. The van der Waals surface area contributed by atoms with Crippen molar-refractivity contribution >= 4 is 22.3 Å². The van der Waals surface area contributed by atoms with E-state index < -0.39 is 0 Å². The predicted molar refractivity (Wildman–Crippen MR) is 141 cm³/mol. The number of benzene rings is 4. The summed E-state index contributed by atoms with van der Waals surface area (Å²) in [6.45, 7) is 9.00. The second kappa shape index (κ2) is 8.61. The number of fused-ring (bicyclic) bond motifs is 2. The molecule has 1 aliphatic rings. The lowest BCUT2D eigenvalue weighted by atomic mass is 9.71. The lowest BCUT2D eigenvalue weighted by Gasteiger charge is -2.33. The molecule has 4 aromatic carbocycles. The third-order valence-corrected chi connectivity index (χ3v) is 6.90. The van der Waals surface area contributed by atoms with Crippen LogP contribution in [-0.2, 0) is 10.2 Å². The van der Waals surface area contributed by atoms with Crippen LogP contribution >= 0.6 is 0 Å². The van der Waals surface area contributed by atoms with Gasteiger partial charge in [0.2, 0.25) is 0 Å². The van der Waals surface area contributed by atoms with Gasteiger partial charge in [-0.2, -0.15) is 0 Å². The second-order valence-corrected chi connectivity index (χ2v) is 9.83. The monoisotopic (exact) mass is 446 g/mol. The Kier molecular flexibility index (Phi) is 5.61. The Hall–Kier alpha value is -3.65. The Bertz CT molecular complexity index is 1400. The van der Waals surface area contributed by atoms with Gasteiger partial charge >= 0.3 is 5.97 Å². The summed E-state index contributed by atoms with van der Waals surface area (Å²) in [6.07, 6.45) is 3.43. The number of carbonyl (C=O) groups is 1. The van der Waals surface area contributed by atoms with E-state index in [1.165, 1.54) is 38.6 Å². The fraction of sp³-hybridized carbons (Fsp3) is 0.219. The molecule has 34 heavy (non-hydrogen) atoms. The highest BCUT2D eigenvalue weighted by atomic mass is 16.5. The summed E-state index contributed by atoms with van der Waals surface area (Å²) in [5.74, 6) is -0.280. The number of aryl methyl sites for hydroxylation is 1. The molecule has 0 fully saturated rings. The van der Waals surface area contributed by atoms with Crippen molar-refractivity contribution in [2.75, 3.05) is 6.61 Å². The molecule has 1 aliphatic carbocycles. The van der Waals surface area contributed by atoms with Crippen LogP contribution in [0.25, 0.3) is 27.5 Å². The van der Waals surface area contributed by atoms with Crippen molar-refractivity contribution in [1.29, 1.82) is 0 Å². The lowest BCUT2D eigenvalue weighted by Crippen LogP contribution is -2.21. The van der Waals surface area contributed by atoms with Gasteiger partial charge < -0.3 is 4.74 Å². The largest absolute Gasteiger partial charge is 0.462 e. The number of ether oxygens (including phenoxy) is 1. The highest BCUT2D eigenvalue weighted by Gasteiger charge is 2.29. The molecule has 0 saturated heterocycles. The first-order valence-electron chi connectivity index (χ1n) is 12.0. The van der Waals surface area contributed by atoms with E-state index in [2.05, 4.69) is 81.4 Å². The molecule has 0 aliphatic heterocycles. The number of rotatable bonds is 4. The molecule has 0 heterocycles. The van der Waals surface area contributed by atoms with Crippen molar-refractivity contribution in [3.05, 3.63) is 113 Å². The molecular formula is C32H30O2. The van der Waals surface area contributed by atoms with Crippen LogP contribution in [0.4, 0.5) is 0 Å². The first kappa shape index (κ1) is 22.2. The molecule has 170 valence electrons. The van der Waals surface area contributed by atoms with E-state index in [0.29, 0.717) is 12.2 Å². The molecule has 4 aromatic rings. The van der Waals surface area contributed by atoms with Gasteiger partial charge in [0.05, 0.1) is 12.2 Å². The van der Waals surface area contributed by atoms with E-state index in [1.54, 1.807) is 0 Å². The van der Waals surface area contributed by atoms with Crippen molar-refractivity contribution in [3.63, 3.8) is 0 Å². The maximum atomic E-state index is 12.0. The quantitative estimate of drug-likeness (QED) is 0.296. The van der Waals surface area contributed by atoms with Crippen LogP contribution in [0, 0.1) is 6.92 Å². The molecule has 0 aromatic heterocycles. The van der Waals surface area contributed by atoms with E-state index in [1.807, 2.05) is 31.2 Å². The summed E-state index contributed by atoms with van der Waals surface area (Å²) >= 11 is 0. The molecule has 0 spiro atoms. The topological polar surface area (TPSA) is 26.3 Å². The number of allylic oxidation sites excluding steroid dienone is 1. The smallest absolute Gasteiger partial charge is 0.338 e. The number of hydrogen-bond donors (Lipinski definition) is 0. The molecule has 0 amide bonds. The van der Waals surface area contributed by atoms with Gasteiger partial charge in [0.25, 0.3) is 0 Å². The SMILES string of the molecule is CCOC(=O)c1ccc(-c2ccc3cc4c(cc3c2)C(c2ccc(C)cc2)=CCC4(C)C)cc1. The highest BCUT2D eigenvalue weighted by Crippen LogP contribution is 2.43. The molecule has 5 rings (SSSR count). The minimum absolute atomic E-state index is 0.0965. The number of carbonyl (C=O) groups excluding carboxylic acids is 1. The van der Waals surface area contributed by atoms with Crippen LogP contribution in [0.15, 0.2) is 84.9 Å². The summed E-state index contributed by atoms with van der Waals surface area (Å²) in [6, 6.07) is 27.9. The summed E-state index contributed by atoms with van der Waals surface area (Å²) in [7, 11) is 0. The third-order valence-electron chi connectivity index (χ3n) is 6.90. The Morgan fingerprint density at radius 2 is 1.50 bits per heavy atom. The Morgan fingerprint density at radius 1 is 0.824 bits per heavy atom. The van der Waals surface area contributed by atoms with Crippen molar-refractivity contribution in [1.82, 2.24) is 0 Å². The van der Waals surface area contributed by atoms with Gasteiger partial charge in [0.1, 0.15) is 0 Å². The van der Waals surface area contributed by atoms with Crippen LogP contribution in [0.1, 0.15) is 59.8 Å². The Balaban J connectivity index is 1.58. The molecule has 0 bridgehead atoms. The van der Waals surface area contributed by atoms with Crippen molar-refractivity contribution in [2.45, 2.75) is 39.5 Å². The highest BCUT2D eigenvalue weighted by molar-refractivity contribution is 5.95. The van der Waals surface area contributed by atoms with Crippen LogP contribution < -0.4 is 0 Å². The van der Waals surface area contributed by atoms with Gasteiger partial charge in [-0.05, 0) is 100 Å². The zero-order valence-corrected chi connectivity index (χ0v) is 20.3. The zero-order valence-electron chi connectivity index (χ0n) is 20.3. The molecule has 0 unspecified atom stereocenters. The van der Waals surface area contributed by atoms with Crippen LogP contribution in [0.2, 0.25) is 0 Å². The van der Waals surface area contributed by atoms with Crippen LogP contribution in [0.3, 0.4) is 0 Å². The van der Waals surface area contributed by atoms with E-state index >= 15 is 0 Å². The number of hydrogen-bond acceptors (Lipinski definition) is 2. The van der Waals surface area contributed by atoms with Gasteiger partial charge in [-0.1, -0.05) is 74.0 Å². The molecule has 2 nitrogen and oxygen atoms in total. The van der Waals surface area contributed by atoms with Crippen LogP contribution in [-0.4, -0.2) is 12.6 Å². The molecule has 0 N–H and O–H groups in total. The van der Waals surface area contributed by atoms with E-state index in [-0.39, 0.29) is 11.4 Å². The first-order valence-corrected chi connectivity index (χ1v) is 12.0. The molecule has 0 atom stereocenters. The number of esters is 1. The van der Waals surface area contributed by atoms with E-state index in [9.17, 15) is 4.79 Å². The normalized spacial score (nSPS) is 14.4. The second-order valence-electron chi connectivity index (χ2n) is 9.83. The lowest BCUT2D eigenvalue weighted by molar-refractivity contribution is 0.0526. The fourth-order valence-corrected chi connectivity index (χ4v) is 4.86. The van der Waals surface area contributed by atoms with Crippen molar-refractivity contribution in [2.24, 2.45) is 0 Å². The Labute approximate surface area is 201 Å². The van der Waals surface area contributed by atoms with E-state index in [0.717, 1.165) is 17.5 Å². The predicted octanol–water partition coefficient (Wildman–Crippen LogP) is 8.10. The third kappa shape index (κ3) is 4.05. The van der Waals surface area contributed by atoms with Gasteiger partial charge in [-0.15, -0.1) is 0 Å². The van der Waals surface area contributed by atoms with Crippen molar-refractivity contribution < 1.29 is 9.53 Å². The maximum absolute atomic E-state index is 12.0. The van der Waals surface area contributed by atoms with Gasteiger partial charge in [0, 0.05) is 0 Å². The fourth-order valence-electron chi connectivity index (χ4n) is 4.86. The molecule has 0 radical (unpaired) electrons. The minimum atomic E-state index is -0.280. The molecular weight excluding hydrogens is 416 g/mol. The molecule has 0 saturated carbocycles. The maximum Gasteiger partial charge on any atom is 0.338 e. The zero-order chi connectivity index (χ0) is 23.9. The summed E-state index contributed by atoms with van der Waals surface area (Å²) < 4.78 is 5.11. The van der Waals surface area contributed by atoms with E-state index in [4.69, 9.17) is 4.74 Å². The van der Waals surface area contributed by atoms with Gasteiger partial charge in [0.15, 0.2) is 0 Å². The average Bonchev–Trinajstić information content (AvgIpc) is 2.84. The summed E-state index contributed by atoms with van der Waals surface area (Å²) in [4.78, 5) is 12.0. The minimum Gasteiger partial charge on any atom is -0.462 e. The Morgan fingerprint density at radius 3 is 2.21 bits per heavy atom.